The molecule has 2 N–H and O–H groups in total. The average Bonchev–Trinajstić information content (AvgIpc) is 2.85. The molecule has 9 nitrogen and oxygen atoms in total. The lowest BCUT2D eigenvalue weighted by atomic mass is 10.1. The molecule has 4 aromatic rings. The molecule has 0 radical (unpaired) electrons. The van der Waals surface area contributed by atoms with Gasteiger partial charge in [-0.2, -0.15) is 0 Å². The highest BCUT2D eigenvalue weighted by Gasteiger charge is 2.21. The molecule has 0 spiro atoms. The Morgan fingerprint density at radius 1 is 1.06 bits per heavy atom. The lowest BCUT2D eigenvalue weighted by Crippen LogP contribution is -2.48. The number of hydrogen-bond acceptors (Lipinski definition) is 6. The number of pyridine rings is 1. The highest BCUT2D eigenvalue weighted by atomic mass is 35.5. The molecule has 0 bridgehead atoms. The molecule has 1 fully saturated rings. The maximum atomic E-state index is 13.0. The monoisotopic (exact) mass is 490 g/mol. The van der Waals surface area contributed by atoms with E-state index < -0.39 is 6.09 Å². The normalized spacial score (nSPS) is 13.8. The Morgan fingerprint density at radius 2 is 1.83 bits per heavy atom. The minimum atomic E-state index is -0.876. The number of piperazine rings is 1. The Bertz CT molecular complexity index is 1480. The van der Waals surface area contributed by atoms with Crippen LogP contribution in [0.1, 0.15) is 5.56 Å². The van der Waals surface area contributed by atoms with E-state index in [4.69, 9.17) is 16.7 Å². The number of fused-ring (bicyclic) bond motifs is 1. The van der Waals surface area contributed by atoms with E-state index in [0.29, 0.717) is 53.7 Å². The summed E-state index contributed by atoms with van der Waals surface area (Å²) in [4.78, 5) is 36.6. The third-order valence-corrected chi connectivity index (χ3v) is 6.42. The summed E-state index contributed by atoms with van der Waals surface area (Å²) in [6.07, 6.45) is 2.30. The van der Waals surface area contributed by atoms with Gasteiger partial charge >= 0.3 is 6.09 Å². The van der Waals surface area contributed by atoms with Crippen LogP contribution in [0, 0.1) is 6.92 Å². The van der Waals surface area contributed by atoms with E-state index in [1.165, 1.54) is 15.7 Å². The minimum absolute atomic E-state index is 0.245. The third-order valence-electron chi connectivity index (χ3n) is 6.10. The van der Waals surface area contributed by atoms with Gasteiger partial charge in [-0.3, -0.25) is 9.36 Å². The van der Waals surface area contributed by atoms with Crippen molar-refractivity contribution >= 4 is 45.9 Å². The summed E-state index contributed by atoms with van der Waals surface area (Å²) >= 11 is 6.26. The van der Waals surface area contributed by atoms with Gasteiger partial charge in [0, 0.05) is 49.9 Å². The van der Waals surface area contributed by atoms with Gasteiger partial charge in [-0.15, -0.1) is 0 Å². The summed E-state index contributed by atoms with van der Waals surface area (Å²) < 4.78 is 1.49. The van der Waals surface area contributed by atoms with Gasteiger partial charge in [-0.05, 0) is 48.9 Å². The fourth-order valence-corrected chi connectivity index (χ4v) is 4.51. The van der Waals surface area contributed by atoms with Crippen LogP contribution in [0.5, 0.6) is 0 Å². The maximum absolute atomic E-state index is 13.0. The van der Waals surface area contributed by atoms with E-state index in [1.807, 2.05) is 37.3 Å². The molecule has 178 valence electrons. The SMILES string of the molecule is Cc1cc(Nc2ncc3c(=O)n(-c4ccccc4Cl)ccc3n2)ccc1N1CCN(C(=O)O)CC1. The second-order valence-corrected chi connectivity index (χ2v) is 8.72. The summed E-state index contributed by atoms with van der Waals surface area (Å²) in [5, 5.41) is 13.2. The van der Waals surface area contributed by atoms with Crippen molar-refractivity contribution in [2.45, 2.75) is 6.92 Å². The largest absolute Gasteiger partial charge is 0.465 e. The number of aryl methyl sites for hydroxylation is 1. The number of aromatic nitrogens is 3. The van der Waals surface area contributed by atoms with Gasteiger partial charge in [0.25, 0.3) is 5.56 Å². The molecule has 2 aromatic heterocycles. The van der Waals surface area contributed by atoms with E-state index in [-0.39, 0.29) is 5.56 Å². The number of para-hydroxylation sites is 1. The fraction of sp³-hybridized carbons (Fsp3) is 0.200. The smallest absolute Gasteiger partial charge is 0.407 e. The summed E-state index contributed by atoms with van der Waals surface area (Å²) in [6, 6.07) is 14.9. The predicted molar refractivity (Wildman–Crippen MR) is 136 cm³/mol. The molecular formula is C25H23ClN6O3. The number of anilines is 3. The molecule has 2 aromatic carbocycles. The maximum Gasteiger partial charge on any atom is 0.407 e. The van der Waals surface area contributed by atoms with E-state index in [0.717, 1.165) is 16.9 Å². The van der Waals surface area contributed by atoms with Crippen LogP contribution in [0.25, 0.3) is 16.6 Å². The Morgan fingerprint density at radius 3 is 2.54 bits per heavy atom. The number of hydrogen-bond donors (Lipinski definition) is 2. The average molecular weight is 491 g/mol. The molecule has 3 heterocycles. The number of amides is 1. The van der Waals surface area contributed by atoms with Crippen molar-refractivity contribution in [3.63, 3.8) is 0 Å². The van der Waals surface area contributed by atoms with E-state index in [9.17, 15) is 9.59 Å². The van der Waals surface area contributed by atoms with E-state index in [1.54, 1.807) is 24.4 Å². The number of carboxylic acid groups (broad SMARTS) is 1. The highest BCUT2D eigenvalue weighted by Crippen LogP contribution is 2.26. The zero-order valence-electron chi connectivity index (χ0n) is 19.0. The summed E-state index contributed by atoms with van der Waals surface area (Å²) in [7, 11) is 0. The zero-order valence-corrected chi connectivity index (χ0v) is 19.7. The van der Waals surface area contributed by atoms with Crippen molar-refractivity contribution in [2.75, 3.05) is 36.4 Å². The Labute approximate surface area is 206 Å². The molecule has 1 saturated heterocycles. The van der Waals surface area contributed by atoms with Gasteiger partial charge in [0.05, 0.1) is 21.6 Å². The molecule has 0 aliphatic carbocycles. The topological polar surface area (TPSA) is 104 Å². The first kappa shape index (κ1) is 22.7. The predicted octanol–water partition coefficient (Wildman–Crippen LogP) is 4.29. The Kier molecular flexibility index (Phi) is 6.00. The Hall–Kier alpha value is -4.11. The van der Waals surface area contributed by atoms with Crippen LogP contribution in [0.2, 0.25) is 5.02 Å². The first-order valence-corrected chi connectivity index (χ1v) is 11.5. The summed E-state index contributed by atoms with van der Waals surface area (Å²) in [5.41, 5.74) is 3.83. The number of rotatable bonds is 4. The van der Waals surface area contributed by atoms with Crippen molar-refractivity contribution < 1.29 is 9.90 Å². The number of nitrogens with zero attached hydrogens (tertiary/aromatic N) is 5. The van der Waals surface area contributed by atoms with Gasteiger partial charge < -0.3 is 20.2 Å². The first-order valence-electron chi connectivity index (χ1n) is 11.1. The minimum Gasteiger partial charge on any atom is -0.465 e. The van der Waals surface area contributed by atoms with Gasteiger partial charge in [-0.25, -0.2) is 14.8 Å². The highest BCUT2D eigenvalue weighted by molar-refractivity contribution is 6.32. The van der Waals surface area contributed by atoms with Crippen molar-refractivity contribution in [3.8, 4) is 5.69 Å². The molecule has 0 unspecified atom stereocenters. The van der Waals surface area contributed by atoms with Crippen LogP contribution >= 0.6 is 11.6 Å². The lowest BCUT2D eigenvalue weighted by molar-refractivity contribution is 0.142. The third kappa shape index (κ3) is 4.50. The van der Waals surface area contributed by atoms with Crippen molar-refractivity contribution in [3.05, 3.63) is 81.9 Å². The molecule has 1 aliphatic rings. The van der Waals surface area contributed by atoms with Crippen molar-refractivity contribution in [1.29, 1.82) is 0 Å². The summed E-state index contributed by atoms with van der Waals surface area (Å²) in [6.45, 7) is 4.29. The Balaban J connectivity index is 1.36. The van der Waals surface area contributed by atoms with E-state index >= 15 is 0 Å². The number of carbonyl (C=O) groups is 1. The van der Waals surface area contributed by atoms with Crippen LogP contribution < -0.4 is 15.8 Å². The summed E-state index contributed by atoms with van der Waals surface area (Å²) in [5.74, 6) is 0.384. The second kappa shape index (κ2) is 9.27. The molecule has 1 aliphatic heterocycles. The van der Waals surface area contributed by atoms with Gasteiger partial charge in [0.1, 0.15) is 0 Å². The zero-order chi connectivity index (χ0) is 24.5. The van der Waals surface area contributed by atoms with Crippen LogP contribution in [-0.2, 0) is 0 Å². The molecule has 1 amide bonds. The lowest BCUT2D eigenvalue weighted by Gasteiger charge is -2.35. The number of nitrogens with one attached hydrogen (secondary N) is 1. The molecule has 5 rings (SSSR count). The molecule has 0 saturated carbocycles. The standard InChI is InChI=1S/C25H23ClN6O3/c1-16-14-17(6-7-21(16)30-10-12-31(13-11-30)25(34)35)28-24-27-15-18-20(29-24)8-9-32(23(18)33)22-5-3-2-4-19(22)26/h2-9,14-15H,10-13H2,1H3,(H,34,35)(H,27,28,29). The molecule has 0 atom stereocenters. The fourth-order valence-electron chi connectivity index (χ4n) is 4.28. The number of halogens is 1. The van der Waals surface area contributed by atoms with Crippen molar-refractivity contribution in [2.24, 2.45) is 0 Å². The molecule has 10 heteroatoms. The molecular weight excluding hydrogens is 468 g/mol. The van der Waals surface area contributed by atoms with Crippen LogP contribution in [0.15, 0.2) is 65.7 Å². The van der Waals surface area contributed by atoms with Crippen LogP contribution in [0.3, 0.4) is 0 Å². The van der Waals surface area contributed by atoms with E-state index in [2.05, 4.69) is 20.2 Å². The second-order valence-electron chi connectivity index (χ2n) is 8.32. The van der Waals surface area contributed by atoms with Gasteiger partial charge in [0.15, 0.2) is 0 Å². The first-order chi connectivity index (χ1) is 16.9. The molecule has 35 heavy (non-hydrogen) atoms. The number of benzene rings is 2. The van der Waals surface area contributed by atoms with Crippen molar-refractivity contribution in [1.82, 2.24) is 19.4 Å². The van der Waals surface area contributed by atoms with Crippen LogP contribution in [-0.4, -0.2) is 56.8 Å². The van der Waals surface area contributed by atoms with Crippen LogP contribution in [0.4, 0.5) is 22.1 Å². The van der Waals surface area contributed by atoms with Gasteiger partial charge in [-0.1, -0.05) is 23.7 Å². The van der Waals surface area contributed by atoms with Gasteiger partial charge in [0.2, 0.25) is 5.95 Å². The quantitative estimate of drug-likeness (QED) is 0.440.